The van der Waals surface area contributed by atoms with Crippen LogP contribution in [-0.4, -0.2) is 55.6 Å². The van der Waals surface area contributed by atoms with Crippen LogP contribution in [-0.2, 0) is 11.3 Å². The number of guanidine groups is 1. The number of likely N-dealkylation sites (tertiary alicyclic amines) is 1. The molecule has 1 fully saturated rings. The summed E-state index contributed by atoms with van der Waals surface area (Å²) in [7, 11) is 1.59. The number of ether oxygens (including phenoxy) is 1. The third-order valence-corrected chi connectivity index (χ3v) is 5.24. The minimum absolute atomic E-state index is 0. The van der Waals surface area contributed by atoms with Crippen molar-refractivity contribution in [2.45, 2.75) is 59.0 Å². The third-order valence-electron chi connectivity index (χ3n) is 5.24. The van der Waals surface area contributed by atoms with Crippen LogP contribution in [0.25, 0.3) is 0 Å². The molecular formula is C22H38IN5O2. The van der Waals surface area contributed by atoms with Crippen molar-refractivity contribution >= 4 is 41.5 Å². The molecule has 170 valence electrons. The van der Waals surface area contributed by atoms with Crippen molar-refractivity contribution in [3.63, 3.8) is 0 Å². The molecule has 1 amide bonds. The molecule has 3 N–H and O–H groups in total. The first-order valence-corrected chi connectivity index (χ1v) is 10.6. The standard InChI is InChI=1S/C22H37N5O2.HI/c1-6-23-21(25-16-22(3,4)27-12-8-7-9-13-27)24-15-18-10-11-20(29-5)19(14-18)26-17(2)28;/h10-11,14H,6-9,12-13,15-16H2,1-5H3,(H,26,28)(H2,23,24,25);1H. The van der Waals surface area contributed by atoms with Crippen molar-refractivity contribution in [1.29, 1.82) is 0 Å². The summed E-state index contributed by atoms with van der Waals surface area (Å²) >= 11 is 0. The number of aliphatic imine (C=N–C) groups is 1. The van der Waals surface area contributed by atoms with Gasteiger partial charge < -0.3 is 20.7 Å². The molecule has 0 bridgehead atoms. The van der Waals surface area contributed by atoms with Crippen LogP contribution in [0, 0.1) is 0 Å². The second-order valence-corrected chi connectivity index (χ2v) is 8.12. The van der Waals surface area contributed by atoms with Crippen LogP contribution >= 0.6 is 24.0 Å². The number of rotatable bonds is 8. The molecule has 1 aromatic carbocycles. The van der Waals surface area contributed by atoms with E-state index >= 15 is 0 Å². The normalized spacial score (nSPS) is 15.2. The highest BCUT2D eigenvalue weighted by atomic mass is 127. The van der Waals surface area contributed by atoms with E-state index in [4.69, 9.17) is 9.73 Å². The van der Waals surface area contributed by atoms with Gasteiger partial charge in [0.15, 0.2) is 5.96 Å². The Bertz CT molecular complexity index is 703. The highest BCUT2D eigenvalue weighted by Crippen LogP contribution is 2.26. The highest BCUT2D eigenvalue weighted by Gasteiger charge is 2.27. The number of hydrogen-bond donors (Lipinski definition) is 3. The van der Waals surface area contributed by atoms with Crippen LogP contribution in [0.2, 0.25) is 0 Å². The first-order valence-electron chi connectivity index (χ1n) is 10.6. The Hall–Kier alpha value is -1.55. The van der Waals surface area contributed by atoms with E-state index in [1.165, 1.54) is 39.3 Å². The SMILES string of the molecule is CCNC(=NCc1ccc(OC)c(NC(C)=O)c1)NCC(C)(C)N1CCCCC1.I. The lowest BCUT2D eigenvalue weighted by Gasteiger charge is -2.41. The van der Waals surface area contributed by atoms with Crippen LogP contribution in [0.1, 0.15) is 52.5 Å². The van der Waals surface area contributed by atoms with Gasteiger partial charge >= 0.3 is 0 Å². The van der Waals surface area contributed by atoms with E-state index in [2.05, 4.69) is 41.6 Å². The fourth-order valence-electron chi connectivity index (χ4n) is 3.56. The van der Waals surface area contributed by atoms with Crippen LogP contribution in [0.3, 0.4) is 0 Å². The monoisotopic (exact) mass is 531 g/mol. The van der Waals surface area contributed by atoms with Crippen molar-refractivity contribution in [3.8, 4) is 5.75 Å². The van der Waals surface area contributed by atoms with Gasteiger partial charge in [-0.2, -0.15) is 0 Å². The summed E-state index contributed by atoms with van der Waals surface area (Å²) in [5, 5.41) is 9.63. The number of anilines is 1. The molecule has 7 nitrogen and oxygen atoms in total. The molecule has 1 aromatic rings. The number of methoxy groups -OCH3 is 1. The van der Waals surface area contributed by atoms with Crippen LogP contribution < -0.4 is 20.7 Å². The molecule has 0 atom stereocenters. The molecule has 1 aliphatic rings. The summed E-state index contributed by atoms with van der Waals surface area (Å²) < 4.78 is 5.32. The average Bonchev–Trinajstić information content (AvgIpc) is 2.70. The maximum absolute atomic E-state index is 11.4. The topological polar surface area (TPSA) is 78.0 Å². The Morgan fingerprint density at radius 1 is 1.20 bits per heavy atom. The van der Waals surface area contributed by atoms with Gasteiger partial charge in [0.2, 0.25) is 5.91 Å². The van der Waals surface area contributed by atoms with Gasteiger partial charge in [-0.1, -0.05) is 12.5 Å². The first-order chi connectivity index (χ1) is 13.9. The summed E-state index contributed by atoms with van der Waals surface area (Å²) in [4.78, 5) is 18.7. The lowest BCUT2D eigenvalue weighted by Crippen LogP contribution is -2.54. The van der Waals surface area contributed by atoms with E-state index in [1.807, 2.05) is 18.2 Å². The lowest BCUT2D eigenvalue weighted by molar-refractivity contribution is -0.114. The molecule has 0 unspecified atom stereocenters. The first kappa shape index (κ1) is 26.5. The largest absolute Gasteiger partial charge is 0.495 e. The predicted octanol–water partition coefficient (Wildman–Crippen LogP) is 3.59. The van der Waals surface area contributed by atoms with E-state index < -0.39 is 0 Å². The number of nitrogens with zero attached hydrogens (tertiary/aromatic N) is 2. The Morgan fingerprint density at radius 2 is 1.90 bits per heavy atom. The number of amides is 1. The molecule has 0 saturated carbocycles. The van der Waals surface area contributed by atoms with E-state index in [9.17, 15) is 4.79 Å². The fraction of sp³-hybridized carbons (Fsp3) is 0.636. The maximum Gasteiger partial charge on any atom is 0.221 e. The number of benzene rings is 1. The van der Waals surface area contributed by atoms with Gasteiger partial charge in [0.25, 0.3) is 0 Å². The summed E-state index contributed by atoms with van der Waals surface area (Å²) in [6.45, 7) is 12.6. The number of hydrogen-bond acceptors (Lipinski definition) is 4. The average molecular weight is 531 g/mol. The fourth-order valence-corrected chi connectivity index (χ4v) is 3.56. The summed E-state index contributed by atoms with van der Waals surface area (Å²) in [6.07, 6.45) is 3.91. The Morgan fingerprint density at radius 3 is 2.50 bits per heavy atom. The van der Waals surface area contributed by atoms with Gasteiger partial charge in [0, 0.05) is 25.6 Å². The smallest absolute Gasteiger partial charge is 0.221 e. The minimum atomic E-state index is -0.126. The molecule has 0 radical (unpaired) electrons. The highest BCUT2D eigenvalue weighted by molar-refractivity contribution is 14.0. The summed E-state index contributed by atoms with van der Waals surface area (Å²) in [6, 6.07) is 5.73. The van der Waals surface area contributed by atoms with E-state index in [0.29, 0.717) is 18.0 Å². The summed E-state index contributed by atoms with van der Waals surface area (Å²) in [5.41, 5.74) is 1.74. The van der Waals surface area contributed by atoms with Crippen LogP contribution in [0.15, 0.2) is 23.2 Å². The molecule has 0 aromatic heterocycles. The molecule has 2 rings (SSSR count). The minimum Gasteiger partial charge on any atom is -0.495 e. The van der Waals surface area contributed by atoms with Crippen molar-refractivity contribution < 1.29 is 9.53 Å². The van der Waals surface area contributed by atoms with Gasteiger partial charge in [0.1, 0.15) is 5.75 Å². The number of halogens is 1. The Kier molecular flexibility index (Phi) is 11.5. The zero-order chi connectivity index (χ0) is 21.3. The Labute approximate surface area is 198 Å². The third kappa shape index (κ3) is 8.29. The van der Waals surface area contributed by atoms with Crippen LogP contribution in [0.4, 0.5) is 5.69 Å². The quantitative estimate of drug-likeness (QED) is 0.272. The van der Waals surface area contributed by atoms with E-state index in [-0.39, 0.29) is 35.4 Å². The number of carbonyl (C=O) groups excluding carboxylic acids is 1. The zero-order valence-electron chi connectivity index (χ0n) is 19.0. The van der Waals surface area contributed by atoms with Crippen molar-refractivity contribution in [1.82, 2.24) is 15.5 Å². The van der Waals surface area contributed by atoms with Crippen molar-refractivity contribution in [2.24, 2.45) is 4.99 Å². The molecule has 8 heteroatoms. The molecule has 0 aliphatic carbocycles. The zero-order valence-corrected chi connectivity index (χ0v) is 21.3. The number of carbonyl (C=O) groups is 1. The van der Waals surface area contributed by atoms with Gasteiger partial charge in [-0.15, -0.1) is 24.0 Å². The van der Waals surface area contributed by atoms with E-state index in [1.54, 1.807) is 7.11 Å². The second-order valence-electron chi connectivity index (χ2n) is 8.12. The van der Waals surface area contributed by atoms with Crippen molar-refractivity contribution in [3.05, 3.63) is 23.8 Å². The van der Waals surface area contributed by atoms with Gasteiger partial charge in [-0.3, -0.25) is 9.69 Å². The molecule has 1 heterocycles. The maximum atomic E-state index is 11.4. The van der Waals surface area contributed by atoms with Crippen molar-refractivity contribution in [2.75, 3.05) is 38.6 Å². The van der Waals surface area contributed by atoms with Gasteiger partial charge in [-0.05, 0) is 64.4 Å². The number of nitrogens with one attached hydrogen (secondary N) is 3. The molecule has 30 heavy (non-hydrogen) atoms. The Balaban J connectivity index is 0.00000450. The van der Waals surface area contributed by atoms with Crippen LogP contribution in [0.5, 0.6) is 5.75 Å². The second kappa shape index (κ2) is 13.0. The molecule has 0 spiro atoms. The van der Waals surface area contributed by atoms with Gasteiger partial charge in [-0.25, -0.2) is 4.99 Å². The molecule has 1 aliphatic heterocycles. The van der Waals surface area contributed by atoms with E-state index in [0.717, 1.165) is 24.6 Å². The lowest BCUT2D eigenvalue weighted by atomic mass is 9.98. The summed E-state index contributed by atoms with van der Waals surface area (Å²) in [5.74, 6) is 1.31. The molecule has 1 saturated heterocycles. The van der Waals surface area contributed by atoms with Gasteiger partial charge in [0.05, 0.1) is 19.3 Å². The molecular weight excluding hydrogens is 493 g/mol. The number of piperidine rings is 1. The predicted molar refractivity (Wildman–Crippen MR) is 135 cm³/mol.